The number of ether oxygens (including phenoxy) is 2. The van der Waals surface area contributed by atoms with Gasteiger partial charge >= 0.3 is 5.97 Å². The van der Waals surface area contributed by atoms with E-state index in [0.29, 0.717) is 6.61 Å². The van der Waals surface area contributed by atoms with Gasteiger partial charge in [-0.15, -0.1) is 6.42 Å². The van der Waals surface area contributed by atoms with Crippen LogP contribution in [0.3, 0.4) is 0 Å². The molecule has 0 aliphatic heterocycles. The molecule has 0 saturated heterocycles. The summed E-state index contributed by atoms with van der Waals surface area (Å²) in [6.45, 7) is 2.56. The first-order valence-corrected chi connectivity index (χ1v) is 6.59. The van der Waals surface area contributed by atoms with Crippen LogP contribution in [0.4, 0.5) is 0 Å². The molecule has 1 aliphatic carbocycles. The second-order valence-corrected chi connectivity index (χ2v) is 4.62. The van der Waals surface area contributed by atoms with E-state index in [1.165, 1.54) is 11.1 Å². The van der Waals surface area contributed by atoms with Gasteiger partial charge in [0.2, 0.25) is 0 Å². The van der Waals surface area contributed by atoms with Gasteiger partial charge < -0.3 is 9.47 Å². The summed E-state index contributed by atoms with van der Waals surface area (Å²) in [7, 11) is 0. The summed E-state index contributed by atoms with van der Waals surface area (Å²) in [5.41, 5.74) is 2.45. The number of terminal acetylenes is 1. The molecule has 0 amide bonds. The number of aryl methyl sites for hydroxylation is 1. The zero-order chi connectivity index (χ0) is 13.7. The molecule has 3 nitrogen and oxygen atoms in total. The van der Waals surface area contributed by atoms with Crippen LogP contribution in [0.1, 0.15) is 24.5 Å². The van der Waals surface area contributed by atoms with Gasteiger partial charge in [0.15, 0.2) is 0 Å². The molecule has 0 spiro atoms. The van der Waals surface area contributed by atoms with Crippen LogP contribution in [0.5, 0.6) is 5.75 Å². The predicted octanol–water partition coefficient (Wildman–Crippen LogP) is 2.37. The SMILES string of the molecule is C#CCOc1ccc2c(c1)CCC(C(=O)OCC)C2. The lowest BCUT2D eigenvalue weighted by atomic mass is 9.84. The molecule has 1 aromatic rings. The van der Waals surface area contributed by atoms with Crippen molar-refractivity contribution in [3.63, 3.8) is 0 Å². The summed E-state index contributed by atoms with van der Waals surface area (Å²) < 4.78 is 10.5. The number of esters is 1. The van der Waals surface area contributed by atoms with Crippen molar-refractivity contribution in [3.8, 4) is 18.1 Å². The van der Waals surface area contributed by atoms with Crippen molar-refractivity contribution < 1.29 is 14.3 Å². The molecule has 1 atom stereocenters. The third kappa shape index (κ3) is 3.29. The number of benzene rings is 1. The molecular formula is C16H18O3. The molecule has 0 saturated carbocycles. The maximum Gasteiger partial charge on any atom is 0.309 e. The highest BCUT2D eigenvalue weighted by atomic mass is 16.5. The van der Waals surface area contributed by atoms with Gasteiger partial charge in [-0.3, -0.25) is 4.79 Å². The summed E-state index contributed by atoms with van der Waals surface area (Å²) in [5, 5.41) is 0. The molecule has 100 valence electrons. The van der Waals surface area contributed by atoms with Crippen LogP contribution in [0.25, 0.3) is 0 Å². The Balaban J connectivity index is 2.06. The molecule has 1 unspecified atom stereocenters. The van der Waals surface area contributed by atoms with E-state index in [4.69, 9.17) is 15.9 Å². The molecule has 2 rings (SSSR count). The van der Waals surface area contributed by atoms with E-state index in [-0.39, 0.29) is 18.5 Å². The molecule has 1 aliphatic rings. The fourth-order valence-electron chi connectivity index (χ4n) is 2.41. The average molecular weight is 258 g/mol. The number of hydrogen-bond donors (Lipinski definition) is 0. The Kier molecular flexibility index (Phi) is 4.46. The summed E-state index contributed by atoms with van der Waals surface area (Å²) in [6.07, 6.45) is 7.64. The fourth-order valence-corrected chi connectivity index (χ4v) is 2.41. The van der Waals surface area contributed by atoms with Gasteiger partial charge in [-0.2, -0.15) is 0 Å². The summed E-state index contributed by atoms with van der Waals surface area (Å²) >= 11 is 0. The van der Waals surface area contributed by atoms with Crippen LogP contribution in [0.15, 0.2) is 18.2 Å². The molecule has 0 N–H and O–H groups in total. The Morgan fingerprint density at radius 3 is 3.05 bits per heavy atom. The van der Waals surface area contributed by atoms with E-state index in [9.17, 15) is 4.79 Å². The summed E-state index contributed by atoms with van der Waals surface area (Å²) in [5.74, 6) is 3.15. The maximum atomic E-state index is 11.7. The Bertz CT molecular complexity index is 499. The molecule has 0 fully saturated rings. The van der Waals surface area contributed by atoms with Gasteiger partial charge in [-0.25, -0.2) is 0 Å². The van der Waals surface area contributed by atoms with Crippen LogP contribution >= 0.6 is 0 Å². The van der Waals surface area contributed by atoms with Crippen LogP contribution in [-0.4, -0.2) is 19.2 Å². The van der Waals surface area contributed by atoms with Gasteiger partial charge in [-0.1, -0.05) is 12.0 Å². The van der Waals surface area contributed by atoms with Crippen LogP contribution < -0.4 is 4.74 Å². The Hall–Kier alpha value is -1.95. The van der Waals surface area contributed by atoms with Gasteiger partial charge in [0.05, 0.1) is 12.5 Å². The van der Waals surface area contributed by atoms with Gasteiger partial charge in [0.1, 0.15) is 12.4 Å². The third-order valence-corrected chi connectivity index (χ3v) is 3.35. The largest absolute Gasteiger partial charge is 0.481 e. The Morgan fingerprint density at radius 1 is 1.47 bits per heavy atom. The lowest BCUT2D eigenvalue weighted by Crippen LogP contribution is -2.24. The molecule has 0 radical (unpaired) electrons. The van der Waals surface area contributed by atoms with E-state index in [1.807, 2.05) is 25.1 Å². The normalized spacial score (nSPS) is 17.2. The van der Waals surface area contributed by atoms with Crippen molar-refractivity contribution in [1.82, 2.24) is 0 Å². The van der Waals surface area contributed by atoms with Gasteiger partial charge in [-0.05, 0) is 49.4 Å². The van der Waals surface area contributed by atoms with E-state index in [2.05, 4.69) is 5.92 Å². The first-order chi connectivity index (χ1) is 9.24. The average Bonchev–Trinajstić information content (AvgIpc) is 2.44. The lowest BCUT2D eigenvalue weighted by molar-refractivity contribution is -0.148. The Labute approximate surface area is 113 Å². The highest BCUT2D eigenvalue weighted by Gasteiger charge is 2.25. The monoisotopic (exact) mass is 258 g/mol. The van der Waals surface area contributed by atoms with Crippen LogP contribution in [0, 0.1) is 18.3 Å². The lowest BCUT2D eigenvalue weighted by Gasteiger charge is -2.23. The number of carbonyl (C=O) groups excluding carboxylic acids is 1. The predicted molar refractivity (Wildman–Crippen MR) is 72.9 cm³/mol. The molecule has 1 aromatic carbocycles. The fraction of sp³-hybridized carbons (Fsp3) is 0.438. The minimum absolute atomic E-state index is 0.00933. The van der Waals surface area contributed by atoms with E-state index in [0.717, 1.165) is 25.0 Å². The second kappa shape index (κ2) is 6.29. The van der Waals surface area contributed by atoms with Crippen LogP contribution in [0.2, 0.25) is 0 Å². The number of carbonyl (C=O) groups is 1. The molecule has 19 heavy (non-hydrogen) atoms. The smallest absolute Gasteiger partial charge is 0.309 e. The van der Waals surface area contributed by atoms with E-state index >= 15 is 0 Å². The first kappa shape index (κ1) is 13.5. The minimum atomic E-state index is -0.0826. The topological polar surface area (TPSA) is 35.5 Å². The van der Waals surface area contributed by atoms with Crippen molar-refractivity contribution in [2.45, 2.75) is 26.2 Å². The van der Waals surface area contributed by atoms with E-state index < -0.39 is 0 Å². The third-order valence-electron chi connectivity index (χ3n) is 3.35. The number of hydrogen-bond acceptors (Lipinski definition) is 3. The summed E-state index contributed by atoms with van der Waals surface area (Å²) in [6, 6.07) is 5.95. The van der Waals surface area contributed by atoms with Crippen molar-refractivity contribution >= 4 is 5.97 Å². The zero-order valence-electron chi connectivity index (χ0n) is 11.1. The highest BCUT2D eigenvalue weighted by Crippen LogP contribution is 2.29. The maximum absolute atomic E-state index is 11.7. The number of rotatable bonds is 4. The van der Waals surface area contributed by atoms with Gasteiger partial charge in [0, 0.05) is 0 Å². The molecule has 0 heterocycles. The minimum Gasteiger partial charge on any atom is -0.481 e. The molecule has 0 bridgehead atoms. The first-order valence-electron chi connectivity index (χ1n) is 6.59. The number of fused-ring (bicyclic) bond motifs is 1. The standard InChI is InChI=1S/C16H18O3/c1-3-9-19-15-8-7-12-10-14(16(17)18-4-2)6-5-13(12)11-15/h1,7-8,11,14H,4-6,9-10H2,2H3. The molecular weight excluding hydrogens is 240 g/mol. The van der Waals surface area contributed by atoms with Crippen molar-refractivity contribution in [3.05, 3.63) is 29.3 Å². The van der Waals surface area contributed by atoms with Crippen molar-refractivity contribution in [1.29, 1.82) is 0 Å². The van der Waals surface area contributed by atoms with E-state index in [1.54, 1.807) is 0 Å². The van der Waals surface area contributed by atoms with Crippen LogP contribution in [-0.2, 0) is 22.4 Å². The quantitative estimate of drug-likeness (QED) is 0.614. The van der Waals surface area contributed by atoms with Crippen molar-refractivity contribution in [2.24, 2.45) is 5.92 Å². The second-order valence-electron chi connectivity index (χ2n) is 4.62. The molecule has 3 heteroatoms. The Morgan fingerprint density at radius 2 is 2.32 bits per heavy atom. The van der Waals surface area contributed by atoms with Gasteiger partial charge in [0.25, 0.3) is 0 Å². The van der Waals surface area contributed by atoms with Crippen molar-refractivity contribution in [2.75, 3.05) is 13.2 Å². The molecule has 0 aromatic heterocycles. The highest BCUT2D eigenvalue weighted by molar-refractivity contribution is 5.73. The summed E-state index contributed by atoms with van der Waals surface area (Å²) in [4.78, 5) is 11.7. The zero-order valence-corrected chi connectivity index (χ0v) is 11.1.